The van der Waals surface area contributed by atoms with Crippen molar-refractivity contribution in [1.82, 2.24) is 10.2 Å². The number of nitrogens with one attached hydrogen (secondary N) is 1. The summed E-state index contributed by atoms with van der Waals surface area (Å²) in [5, 5.41) is 3.44. The highest BCUT2D eigenvalue weighted by Crippen LogP contribution is 2.54. The lowest BCUT2D eigenvalue weighted by atomic mass is 9.53. The third kappa shape index (κ3) is 3.34. The number of carbonyl (C=O) groups excluding carboxylic acids is 1. The van der Waals surface area contributed by atoms with Crippen molar-refractivity contribution in [2.24, 2.45) is 11.8 Å². The van der Waals surface area contributed by atoms with E-state index in [-0.39, 0.29) is 11.9 Å². The normalized spacial score (nSPS) is 33.8. The monoisotopic (exact) mass is 342 g/mol. The molecule has 3 fully saturated rings. The van der Waals surface area contributed by atoms with Gasteiger partial charge in [-0.3, -0.25) is 9.69 Å². The molecule has 136 valence electrons. The van der Waals surface area contributed by atoms with Crippen LogP contribution in [0.15, 0.2) is 30.3 Å². The summed E-state index contributed by atoms with van der Waals surface area (Å²) < 4.78 is 5.42. The molecule has 1 heterocycles. The summed E-state index contributed by atoms with van der Waals surface area (Å²) in [5.74, 6) is 2.10. The first-order valence-corrected chi connectivity index (χ1v) is 9.93. The van der Waals surface area contributed by atoms with Gasteiger partial charge in [-0.05, 0) is 37.2 Å². The number of morpholine rings is 1. The number of rotatable bonds is 4. The Morgan fingerprint density at radius 3 is 2.52 bits per heavy atom. The van der Waals surface area contributed by atoms with Crippen molar-refractivity contribution in [3.8, 4) is 0 Å². The third-order valence-corrected chi connectivity index (χ3v) is 6.65. The quantitative estimate of drug-likeness (QED) is 0.915. The van der Waals surface area contributed by atoms with E-state index in [1.807, 2.05) is 6.92 Å². The van der Waals surface area contributed by atoms with Crippen LogP contribution in [-0.2, 0) is 9.53 Å². The second-order valence-electron chi connectivity index (χ2n) is 7.91. The fourth-order valence-corrected chi connectivity index (χ4v) is 5.21. The SMILES string of the molecule is C[C@H](C(=O)N[C@H]1[C@H]2CCCC[C@@H]2[C@@H]1c1ccccc1)N1CCOCC1. The minimum absolute atomic E-state index is 0.0667. The first-order chi connectivity index (χ1) is 12.3. The summed E-state index contributed by atoms with van der Waals surface area (Å²) in [7, 11) is 0. The predicted molar refractivity (Wildman–Crippen MR) is 98.4 cm³/mol. The topological polar surface area (TPSA) is 41.6 Å². The molecule has 1 N–H and O–H groups in total. The van der Waals surface area contributed by atoms with Gasteiger partial charge >= 0.3 is 0 Å². The standard InChI is InChI=1S/C21H30N2O2/c1-15(23-11-13-25-14-12-23)21(24)22-20-18-10-6-5-9-17(18)19(20)16-7-3-2-4-8-16/h2-4,7-8,15,17-20H,5-6,9-14H2,1H3,(H,22,24)/t15-,17+,18+,19+,20+/m1/s1. The van der Waals surface area contributed by atoms with Crippen LogP contribution in [0.4, 0.5) is 0 Å². The fraction of sp³-hybridized carbons (Fsp3) is 0.667. The highest BCUT2D eigenvalue weighted by molar-refractivity contribution is 5.82. The number of amides is 1. The van der Waals surface area contributed by atoms with Crippen LogP contribution in [-0.4, -0.2) is 49.2 Å². The van der Waals surface area contributed by atoms with Crippen molar-refractivity contribution in [3.05, 3.63) is 35.9 Å². The van der Waals surface area contributed by atoms with E-state index >= 15 is 0 Å². The van der Waals surface area contributed by atoms with E-state index in [1.54, 1.807) is 0 Å². The molecule has 1 amide bonds. The van der Waals surface area contributed by atoms with E-state index in [0.717, 1.165) is 32.2 Å². The van der Waals surface area contributed by atoms with E-state index in [1.165, 1.54) is 31.2 Å². The lowest BCUT2D eigenvalue weighted by Crippen LogP contribution is -2.62. The Morgan fingerprint density at radius 1 is 1.12 bits per heavy atom. The summed E-state index contributed by atoms with van der Waals surface area (Å²) in [6.07, 6.45) is 5.24. The molecule has 25 heavy (non-hydrogen) atoms. The van der Waals surface area contributed by atoms with Gasteiger partial charge in [0.25, 0.3) is 0 Å². The molecule has 4 nitrogen and oxygen atoms in total. The maximum atomic E-state index is 12.9. The number of hydrogen-bond acceptors (Lipinski definition) is 3. The highest BCUT2D eigenvalue weighted by Gasteiger charge is 2.52. The molecular weight excluding hydrogens is 312 g/mol. The number of ether oxygens (including phenoxy) is 1. The molecule has 1 aromatic rings. The first kappa shape index (κ1) is 17.0. The van der Waals surface area contributed by atoms with Gasteiger partial charge in [0.2, 0.25) is 5.91 Å². The molecule has 4 heteroatoms. The zero-order valence-electron chi connectivity index (χ0n) is 15.2. The van der Waals surface area contributed by atoms with Crippen molar-refractivity contribution >= 4 is 5.91 Å². The molecule has 1 aromatic carbocycles. The van der Waals surface area contributed by atoms with Gasteiger partial charge in [-0.2, -0.15) is 0 Å². The maximum Gasteiger partial charge on any atom is 0.237 e. The fourth-order valence-electron chi connectivity index (χ4n) is 5.21. The molecule has 2 saturated carbocycles. The maximum absolute atomic E-state index is 12.9. The van der Waals surface area contributed by atoms with E-state index in [9.17, 15) is 4.79 Å². The van der Waals surface area contributed by atoms with E-state index in [4.69, 9.17) is 4.74 Å². The minimum Gasteiger partial charge on any atom is -0.379 e. The van der Waals surface area contributed by atoms with Crippen LogP contribution in [0.3, 0.4) is 0 Å². The first-order valence-electron chi connectivity index (χ1n) is 9.93. The molecule has 3 aliphatic rings. The Morgan fingerprint density at radius 2 is 1.80 bits per heavy atom. The van der Waals surface area contributed by atoms with E-state index in [2.05, 4.69) is 40.5 Å². The van der Waals surface area contributed by atoms with Crippen molar-refractivity contribution < 1.29 is 9.53 Å². The van der Waals surface area contributed by atoms with Gasteiger partial charge in [0.15, 0.2) is 0 Å². The van der Waals surface area contributed by atoms with Crippen molar-refractivity contribution in [2.75, 3.05) is 26.3 Å². The molecule has 0 radical (unpaired) electrons. The van der Waals surface area contributed by atoms with Crippen molar-refractivity contribution in [1.29, 1.82) is 0 Å². The Labute approximate surface area is 150 Å². The Kier molecular flexibility index (Phi) is 5.09. The number of nitrogens with zero attached hydrogens (tertiary/aromatic N) is 1. The minimum atomic E-state index is -0.0667. The van der Waals surface area contributed by atoms with Gasteiger partial charge < -0.3 is 10.1 Å². The summed E-state index contributed by atoms with van der Waals surface area (Å²) in [6.45, 7) is 5.22. The molecule has 0 bridgehead atoms. The Bertz CT molecular complexity index is 585. The number of fused-ring (bicyclic) bond motifs is 1. The van der Waals surface area contributed by atoms with Crippen LogP contribution in [0.1, 0.15) is 44.1 Å². The molecule has 0 unspecified atom stereocenters. The van der Waals surface area contributed by atoms with E-state index in [0.29, 0.717) is 17.9 Å². The largest absolute Gasteiger partial charge is 0.379 e. The molecule has 4 rings (SSSR count). The summed E-state index contributed by atoms with van der Waals surface area (Å²) in [5.41, 5.74) is 1.40. The Balaban J connectivity index is 1.46. The number of benzene rings is 1. The lowest BCUT2D eigenvalue weighted by molar-refractivity contribution is -0.131. The molecule has 1 saturated heterocycles. The smallest absolute Gasteiger partial charge is 0.237 e. The van der Waals surface area contributed by atoms with Crippen molar-refractivity contribution in [3.63, 3.8) is 0 Å². The number of hydrogen-bond donors (Lipinski definition) is 1. The predicted octanol–water partition coefficient (Wildman–Crippen LogP) is 2.80. The van der Waals surface area contributed by atoms with Crippen LogP contribution in [0.2, 0.25) is 0 Å². The van der Waals surface area contributed by atoms with Crippen molar-refractivity contribution in [2.45, 2.75) is 50.6 Å². The van der Waals surface area contributed by atoms with Gasteiger partial charge in [0, 0.05) is 25.0 Å². The summed E-state index contributed by atoms with van der Waals surface area (Å²) in [6, 6.07) is 11.0. The van der Waals surface area contributed by atoms with Gasteiger partial charge in [-0.25, -0.2) is 0 Å². The zero-order chi connectivity index (χ0) is 17.2. The van der Waals surface area contributed by atoms with Crippen LogP contribution < -0.4 is 5.32 Å². The zero-order valence-corrected chi connectivity index (χ0v) is 15.2. The Hall–Kier alpha value is -1.39. The van der Waals surface area contributed by atoms with Crippen LogP contribution in [0.25, 0.3) is 0 Å². The van der Waals surface area contributed by atoms with Gasteiger partial charge in [-0.15, -0.1) is 0 Å². The summed E-state index contributed by atoms with van der Waals surface area (Å²) in [4.78, 5) is 15.1. The summed E-state index contributed by atoms with van der Waals surface area (Å²) >= 11 is 0. The molecule has 0 aromatic heterocycles. The highest BCUT2D eigenvalue weighted by atomic mass is 16.5. The average molecular weight is 342 g/mol. The third-order valence-electron chi connectivity index (χ3n) is 6.65. The van der Waals surface area contributed by atoms with E-state index < -0.39 is 0 Å². The molecule has 1 aliphatic heterocycles. The molecule has 0 spiro atoms. The van der Waals surface area contributed by atoms with Gasteiger partial charge in [0.05, 0.1) is 19.3 Å². The lowest BCUT2D eigenvalue weighted by Gasteiger charge is -2.55. The second-order valence-corrected chi connectivity index (χ2v) is 7.91. The molecule has 5 atom stereocenters. The van der Waals surface area contributed by atoms with Gasteiger partial charge in [0.1, 0.15) is 0 Å². The second kappa shape index (κ2) is 7.46. The van der Waals surface area contributed by atoms with Gasteiger partial charge in [-0.1, -0.05) is 43.2 Å². The molecule has 2 aliphatic carbocycles. The number of carbonyl (C=O) groups is 1. The average Bonchev–Trinajstić information content (AvgIpc) is 2.67. The molecular formula is C21H30N2O2. The van der Waals surface area contributed by atoms with Crippen LogP contribution in [0, 0.1) is 11.8 Å². The van der Waals surface area contributed by atoms with Crippen LogP contribution in [0.5, 0.6) is 0 Å². The van der Waals surface area contributed by atoms with Crippen LogP contribution >= 0.6 is 0 Å².